The van der Waals surface area contributed by atoms with Crippen LogP contribution in [0.25, 0.3) is 0 Å². The van der Waals surface area contributed by atoms with E-state index in [4.69, 9.17) is 5.73 Å². The minimum absolute atomic E-state index is 0.507. The maximum Gasteiger partial charge on any atom is 0.133 e. The molecule has 2 N–H and O–H groups in total. The molecule has 0 bridgehead atoms. The van der Waals surface area contributed by atoms with E-state index in [1.54, 1.807) is 17.4 Å². The summed E-state index contributed by atoms with van der Waals surface area (Å²) >= 11 is 1.78. The topological polar surface area (TPSA) is 55.0 Å². The lowest BCUT2D eigenvalue weighted by Crippen LogP contribution is -2.21. The molecule has 0 unspecified atom stereocenters. The summed E-state index contributed by atoms with van der Waals surface area (Å²) in [5.41, 5.74) is 5.61. The Morgan fingerprint density at radius 1 is 1.44 bits per heavy atom. The molecule has 5 heteroatoms. The maximum absolute atomic E-state index is 5.61. The van der Waals surface area contributed by atoms with Crippen molar-refractivity contribution in [2.45, 2.75) is 6.42 Å². The molecule has 0 fully saturated rings. The van der Waals surface area contributed by atoms with Crippen LogP contribution in [0, 0.1) is 0 Å². The summed E-state index contributed by atoms with van der Waals surface area (Å²) in [6, 6.07) is 6.00. The zero-order chi connectivity index (χ0) is 11.4. The number of nitrogens with two attached hydrogens (primary N) is 1. The van der Waals surface area contributed by atoms with Gasteiger partial charge >= 0.3 is 0 Å². The lowest BCUT2D eigenvalue weighted by Gasteiger charge is -2.17. The van der Waals surface area contributed by atoms with Gasteiger partial charge in [0, 0.05) is 24.5 Å². The summed E-state index contributed by atoms with van der Waals surface area (Å²) in [4.78, 5) is 11.5. The molecule has 2 aromatic rings. The minimum Gasteiger partial charge on any atom is -0.384 e. The first-order valence-corrected chi connectivity index (χ1v) is 5.95. The maximum atomic E-state index is 5.61. The Kier molecular flexibility index (Phi) is 3.36. The largest absolute Gasteiger partial charge is 0.384 e. The van der Waals surface area contributed by atoms with Crippen LogP contribution in [0.5, 0.6) is 0 Å². The van der Waals surface area contributed by atoms with Gasteiger partial charge in [0.05, 0.1) is 0 Å². The van der Waals surface area contributed by atoms with Crippen molar-refractivity contribution in [3.05, 3.63) is 34.8 Å². The highest BCUT2D eigenvalue weighted by Gasteiger charge is 2.03. The predicted octanol–water partition coefficient (Wildman–Crippen LogP) is 1.80. The van der Waals surface area contributed by atoms with Crippen LogP contribution in [0.15, 0.2) is 29.9 Å². The van der Waals surface area contributed by atoms with E-state index in [0.717, 1.165) is 18.8 Å². The van der Waals surface area contributed by atoms with Gasteiger partial charge in [0.1, 0.15) is 18.0 Å². The van der Waals surface area contributed by atoms with Gasteiger partial charge in [0.15, 0.2) is 0 Å². The predicted molar refractivity (Wildman–Crippen MR) is 67.7 cm³/mol. The molecule has 2 aromatic heterocycles. The van der Waals surface area contributed by atoms with Crippen LogP contribution in [0.2, 0.25) is 0 Å². The number of rotatable bonds is 4. The van der Waals surface area contributed by atoms with Crippen LogP contribution < -0.4 is 10.6 Å². The van der Waals surface area contributed by atoms with Gasteiger partial charge in [-0.1, -0.05) is 6.07 Å². The fourth-order valence-corrected chi connectivity index (χ4v) is 2.12. The molecule has 0 radical (unpaired) electrons. The van der Waals surface area contributed by atoms with Gasteiger partial charge < -0.3 is 10.6 Å². The normalized spacial score (nSPS) is 10.3. The number of anilines is 2. The summed E-state index contributed by atoms with van der Waals surface area (Å²) in [6.45, 7) is 0.928. The van der Waals surface area contributed by atoms with E-state index in [-0.39, 0.29) is 0 Å². The second-order valence-electron chi connectivity index (χ2n) is 3.55. The van der Waals surface area contributed by atoms with E-state index in [1.807, 2.05) is 7.05 Å². The monoisotopic (exact) mass is 234 g/mol. The molecular weight excluding hydrogens is 220 g/mol. The van der Waals surface area contributed by atoms with Crippen molar-refractivity contribution in [2.24, 2.45) is 0 Å². The van der Waals surface area contributed by atoms with E-state index < -0.39 is 0 Å². The first-order chi connectivity index (χ1) is 7.75. The Bertz CT molecular complexity index is 441. The molecule has 0 aromatic carbocycles. The van der Waals surface area contributed by atoms with Crippen molar-refractivity contribution >= 4 is 23.0 Å². The number of nitrogen functional groups attached to an aromatic ring is 1. The molecule has 16 heavy (non-hydrogen) atoms. The fraction of sp³-hybridized carbons (Fsp3) is 0.273. The van der Waals surface area contributed by atoms with Gasteiger partial charge in [0.2, 0.25) is 0 Å². The molecule has 0 spiro atoms. The summed E-state index contributed by atoms with van der Waals surface area (Å²) in [5.74, 6) is 1.37. The van der Waals surface area contributed by atoms with E-state index in [1.165, 1.54) is 11.2 Å². The molecular formula is C11H14N4S. The van der Waals surface area contributed by atoms with Crippen molar-refractivity contribution in [3.63, 3.8) is 0 Å². The third-order valence-electron chi connectivity index (χ3n) is 2.34. The SMILES string of the molecule is CN(CCc1cccs1)c1cc(N)ncn1. The second-order valence-corrected chi connectivity index (χ2v) is 4.58. The minimum atomic E-state index is 0.507. The van der Waals surface area contributed by atoms with Crippen LogP contribution in [0.1, 0.15) is 4.88 Å². The Balaban J connectivity index is 1.95. The van der Waals surface area contributed by atoms with Gasteiger partial charge in [-0.25, -0.2) is 9.97 Å². The molecule has 0 aliphatic carbocycles. The zero-order valence-corrected chi connectivity index (χ0v) is 9.94. The number of thiophene rings is 1. The van der Waals surface area contributed by atoms with Gasteiger partial charge in [-0.15, -0.1) is 11.3 Å². The molecule has 2 rings (SSSR count). The standard InChI is InChI=1S/C11H14N4S/c1-15(5-4-9-3-2-6-16-9)11-7-10(12)13-8-14-11/h2-3,6-8H,4-5H2,1H3,(H2,12,13,14). The Hall–Kier alpha value is -1.62. The van der Waals surface area contributed by atoms with E-state index in [2.05, 4.69) is 32.4 Å². The van der Waals surface area contributed by atoms with E-state index >= 15 is 0 Å². The summed E-state index contributed by atoms with van der Waals surface area (Å²) < 4.78 is 0. The molecule has 0 atom stereocenters. The molecule has 2 heterocycles. The highest BCUT2D eigenvalue weighted by Crippen LogP contribution is 2.13. The lowest BCUT2D eigenvalue weighted by atomic mass is 10.3. The molecule has 0 aliphatic heterocycles. The van der Waals surface area contributed by atoms with Crippen molar-refractivity contribution in [2.75, 3.05) is 24.2 Å². The van der Waals surface area contributed by atoms with Crippen molar-refractivity contribution in [3.8, 4) is 0 Å². The van der Waals surface area contributed by atoms with Crippen molar-refractivity contribution in [1.82, 2.24) is 9.97 Å². The average molecular weight is 234 g/mol. The number of hydrogen-bond donors (Lipinski definition) is 1. The molecule has 4 nitrogen and oxygen atoms in total. The fourth-order valence-electron chi connectivity index (χ4n) is 1.42. The summed E-state index contributed by atoms with van der Waals surface area (Å²) in [7, 11) is 2.01. The highest BCUT2D eigenvalue weighted by atomic mass is 32.1. The molecule has 0 aliphatic rings. The van der Waals surface area contributed by atoms with Crippen molar-refractivity contribution in [1.29, 1.82) is 0 Å². The number of hydrogen-bond acceptors (Lipinski definition) is 5. The first kappa shape index (κ1) is 10.9. The average Bonchev–Trinajstić information content (AvgIpc) is 2.78. The highest BCUT2D eigenvalue weighted by molar-refractivity contribution is 7.09. The van der Waals surface area contributed by atoms with E-state index in [9.17, 15) is 0 Å². The quantitative estimate of drug-likeness (QED) is 0.876. The van der Waals surface area contributed by atoms with Crippen LogP contribution >= 0.6 is 11.3 Å². The number of likely N-dealkylation sites (N-methyl/N-ethyl adjacent to an activating group) is 1. The second kappa shape index (κ2) is 4.94. The van der Waals surface area contributed by atoms with Crippen molar-refractivity contribution < 1.29 is 0 Å². The van der Waals surface area contributed by atoms with E-state index in [0.29, 0.717) is 5.82 Å². The van der Waals surface area contributed by atoms with Crippen LogP contribution in [-0.2, 0) is 6.42 Å². The molecule has 84 valence electrons. The number of aromatic nitrogens is 2. The Morgan fingerprint density at radius 3 is 3.00 bits per heavy atom. The summed E-state index contributed by atoms with van der Waals surface area (Å²) in [6.07, 6.45) is 2.52. The number of nitrogens with zero attached hydrogens (tertiary/aromatic N) is 3. The van der Waals surface area contributed by atoms with Gasteiger partial charge in [-0.05, 0) is 17.9 Å². The first-order valence-electron chi connectivity index (χ1n) is 5.07. The summed E-state index contributed by atoms with van der Waals surface area (Å²) in [5, 5.41) is 2.10. The molecule has 0 saturated carbocycles. The Labute approximate surface area is 98.8 Å². The van der Waals surface area contributed by atoms with Crippen LogP contribution in [-0.4, -0.2) is 23.6 Å². The Morgan fingerprint density at radius 2 is 2.31 bits per heavy atom. The van der Waals surface area contributed by atoms with Crippen LogP contribution in [0.4, 0.5) is 11.6 Å². The molecule has 0 amide bonds. The third kappa shape index (κ3) is 2.70. The third-order valence-corrected chi connectivity index (χ3v) is 3.27. The molecule has 0 saturated heterocycles. The van der Waals surface area contributed by atoms with Crippen LogP contribution in [0.3, 0.4) is 0 Å². The van der Waals surface area contributed by atoms with Gasteiger partial charge in [-0.3, -0.25) is 0 Å². The lowest BCUT2D eigenvalue weighted by molar-refractivity contribution is 0.865. The zero-order valence-electron chi connectivity index (χ0n) is 9.13. The smallest absolute Gasteiger partial charge is 0.133 e. The van der Waals surface area contributed by atoms with Gasteiger partial charge in [0.25, 0.3) is 0 Å². The van der Waals surface area contributed by atoms with Gasteiger partial charge in [-0.2, -0.15) is 0 Å².